The molecule has 8 rings (SSSR count). The van der Waals surface area contributed by atoms with Crippen molar-refractivity contribution < 1.29 is 47.7 Å². The van der Waals surface area contributed by atoms with Crippen molar-refractivity contribution in [3.8, 4) is 5.75 Å². The fourth-order valence-electron chi connectivity index (χ4n) is 6.07. The fraction of sp³-hybridized carbons (Fsp3) is 0.172. The highest BCUT2D eigenvalue weighted by Gasteiger charge is 2.09. The third kappa shape index (κ3) is 24.1. The highest BCUT2D eigenvalue weighted by atomic mass is 32.1. The number of methoxy groups -OCH3 is 1. The van der Waals surface area contributed by atoms with E-state index in [0.29, 0.717) is 17.2 Å². The third-order valence-corrected chi connectivity index (χ3v) is 12.8. The largest absolute Gasteiger partial charge is 0.497 e. The number of thiophene rings is 3. The lowest BCUT2D eigenvalue weighted by molar-refractivity contribution is -0.121. The van der Waals surface area contributed by atoms with E-state index in [1.54, 1.807) is 103 Å². The van der Waals surface area contributed by atoms with Gasteiger partial charge in [0.1, 0.15) is 11.5 Å². The Hall–Kier alpha value is -9.18. The van der Waals surface area contributed by atoms with Crippen molar-refractivity contribution in [3.63, 3.8) is 0 Å². The van der Waals surface area contributed by atoms with Gasteiger partial charge in [-0.2, -0.15) is 0 Å². The molecular formula is C58H60N8O10S3. The van der Waals surface area contributed by atoms with Crippen LogP contribution < -0.4 is 26.0 Å². The van der Waals surface area contributed by atoms with Gasteiger partial charge in [-0.05, 0) is 134 Å². The molecule has 4 amide bonds. The SMILES string of the molecule is C/C(=N/OCC(=O)Nc1ccccc1)c1ccco1.C/C(=N/OCC(=O)Nc1ccccc1)c1cccs1.CC/C(=N/OCC(=O)Nc1ccccc1)c1cccs1.COc1ccc(NC(=O)CO/N=C(/C)c2cccs2)cc1. The summed E-state index contributed by atoms with van der Waals surface area (Å²) >= 11 is 4.76. The molecule has 79 heavy (non-hydrogen) atoms. The van der Waals surface area contributed by atoms with Gasteiger partial charge in [0.15, 0.2) is 32.2 Å². The number of rotatable bonds is 22. The van der Waals surface area contributed by atoms with E-state index < -0.39 is 0 Å². The monoisotopic (exact) mass is 1120 g/mol. The second-order valence-corrected chi connectivity index (χ2v) is 18.8. The average Bonchev–Trinajstić information content (AvgIpc) is 4.34. The minimum Gasteiger partial charge on any atom is -0.497 e. The van der Waals surface area contributed by atoms with E-state index in [1.165, 1.54) is 0 Å². The highest BCUT2D eigenvalue weighted by molar-refractivity contribution is 7.12. The molecule has 0 atom stereocenters. The number of ether oxygens (including phenoxy) is 1. The molecule has 0 aliphatic carbocycles. The molecule has 0 aliphatic heterocycles. The Kier molecular flexibility index (Phi) is 27.0. The zero-order valence-corrected chi connectivity index (χ0v) is 46.5. The van der Waals surface area contributed by atoms with Crippen LogP contribution in [-0.4, -0.2) is 80.0 Å². The van der Waals surface area contributed by atoms with Crippen LogP contribution in [0.25, 0.3) is 0 Å². The van der Waals surface area contributed by atoms with E-state index in [2.05, 4.69) is 41.9 Å². The van der Waals surface area contributed by atoms with Gasteiger partial charge in [-0.15, -0.1) is 34.0 Å². The molecule has 4 N–H and O–H groups in total. The second-order valence-electron chi connectivity index (χ2n) is 15.9. The first kappa shape index (κ1) is 60.7. The van der Waals surface area contributed by atoms with Crippen molar-refractivity contribution in [1.82, 2.24) is 0 Å². The number of nitrogens with one attached hydrogen (secondary N) is 4. The molecule has 8 aromatic rings. The summed E-state index contributed by atoms with van der Waals surface area (Å²) in [4.78, 5) is 69.8. The maximum atomic E-state index is 11.7. The van der Waals surface area contributed by atoms with Crippen molar-refractivity contribution in [2.45, 2.75) is 34.1 Å². The van der Waals surface area contributed by atoms with Crippen LogP contribution in [0.2, 0.25) is 0 Å². The first-order valence-corrected chi connectivity index (χ1v) is 27.0. The zero-order chi connectivity index (χ0) is 56.3. The standard InChI is InChI=1S/C15H16N2O3S.C15H16N2O2S.C14H14N2O3.C14H14N2O2S/c1-11(14-4-3-9-21-14)17-20-10-15(18)16-12-5-7-13(19-2)8-6-12;1-2-13(14-9-6-10-20-14)17-19-11-15(18)16-12-7-4-3-5-8-12;1-11(13-8-5-9-18-13)16-19-10-14(17)15-12-6-3-2-4-7-12;1-11(13-8-5-9-19-13)16-18-10-14(17)15-12-6-3-2-4-7-12/h3-9H,10H2,1-2H3,(H,16,18);3-10H,2,11H2,1H3,(H,16,18);2*2-9H,10H2,1H3,(H,15,17)/b17-11-;17-13-;2*16-11-. The molecule has 18 nitrogen and oxygen atoms in total. The summed E-state index contributed by atoms with van der Waals surface area (Å²) < 4.78 is 10.2. The van der Waals surface area contributed by atoms with Gasteiger partial charge in [0.2, 0.25) is 0 Å². The fourth-order valence-corrected chi connectivity index (χ4v) is 8.19. The molecule has 410 valence electrons. The molecule has 0 unspecified atom stereocenters. The van der Waals surface area contributed by atoms with Gasteiger partial charge in [-0.1, -0.05) is 100 Å². The van der Waals surface area contributed by atoms with E-state index >= 15 is 0 Å². The molecule has 0 bridgehead atoms. The smallest absolute Gasteiger partial charge is 0.265 e. The van der Waals surface area contributed by atoms with E-state index in [-0.39, 0.29) is 50.1 Å². The van der Waals surface area contributed by atoms with Crippen LogP contribution in [0.5, 0.6) is 5.75 Å². The van der Waals surface area contributed by atoms with E-state index in [0.717, 1.165) is 61.0 Å². The van der Waals surface area contributed by atoms with Crippen LogP contribution in [0.4, 0.5) is 22.7 Å². The molecular weight excluding hydrogens is 1060 g/mol. The predicted octanol–water partition coefficient (Wildman–Crippen LogP) is 12.4. The van der Waals surface area contributed by atoms with E-state index in [4.69, 9.17) is 28.5 Å². The maximum absolute atomic E-state index is 11.7. The Morgan fingerprint density at radius 1 is 0.430 bits per heavy atom. The molecule has 21 heteroatoms. The minimum atomic E-state index is -0.262. The van der Waals surface area contributed by atoms with Crippen LogP contribution >= 0.6 is 34.0 Å². The van der Waals surface area contributed by atoms with Crippen molar-refractivity contribution in [2.75, 3.05) is 54.8 Å². The lowest BCUT2D eigenvalue weighted by atomic mass is 10.2. The summed E-state index contributed by atoms with van der Waals surface area (Å²) in [5, 5.41) is 32.5. The number of hydrogen-bond donors (Lipinski definition) is 4. The summed E-state index contributed by atoms with van der Waals surface area (Å²) in [5.74, 6) is 0.379. The number of hydrogen-bond acceptors (Lipinski definition) is 17. The van der Waals surface area contributed by atoms with Crippen molar-refractivity contribution in [3.05, 3.63) is 207 Å². The Balaban J connectivity index is 0.000000194. The van der Waals surface area contributed by atoms with Crippen LogP contribution in [0.15, 0.2) is 211 Å². The topological polar surface area (TPSA) is 225 Å². The van der Waals surface area contributed by atoms with Crippen LogP contribution in [0, 0.1) is 0 Å². The lowest BCUT2D eigenvalue weighted by Gasteiger charge is -2.05. The molecule has 0 saturated heterocycles. The van der Waals surface area contributed by atoms with Gasteiger partial charge in [0.05, 0.1) is 45.1 Å². The van der Waals surface area contributed by atoms with Gasteiger partial charge >= 0.3 is 0 Å². The quantitative estimate of drug-likeness (QED) is 0.0371. The summed E-state index contributed by atoms with van der Waals surface area (Å²) in [6.45, 7) is 6.97. The van der Waals surface area contributed by atoms with E-state index in [1.807, 2.05) is 152 Å². The number of anilines is 4. The number of carbonyl (C=O) groups excluding carboxylic acids is 4. The molecule has 4 aromatic carbocycles. The molecule has 0 fully saturated rings. The molecule has 0 saturated carbocycles. The highest BCUT2D eigenvalue weighted by Crippen LogP contribution is 2.16. The summed E-state index contributed by atoms with van der Waals surface area (Å²) in [7, 11) is 1.59. The van der Waals surface area contributed by atoms with Crippen LogP contribution in [-0.2, 0) is 38.5 Å². The van der Waals surface area contributed by atoms with Gasteiger partial charge < -0.3 is 49.8 Å². The van der Waals surface area contributed by atoms with E-state index in [9.17, 15) is 19.2 Å². The van der Waals surface area contributed by atoms with Crippen LogP contribution in [0.3, 0.4) is 0 Å². The number of nitrogens with zero attached hydrogens (tertiary/aromatic N) is 4. The van der Waals surface area contributed by atoms with Gasteiger partial charge in [0, 0.05) is 22.7 Å². The van der Waals surface area contributed by atoms with Gasteiger partial charge in [-0.25, -0.2) is 0 Å². The maximum Gasteiger partial charge on any atom is 0.265 e. The Labute approximate surface area is 470 Å². The number of furan rings is 1. The Bertz CT molecular complexity index is 3020. The van der Waals surface area contributed by atoms with Crippen molar-refractivity contribution >= 4 is 103 Å². The van der Waals surface area contributed by atoms with Crippen LogP contribution in [0.1, 0.15) is 54.5 Å². The first-order valence-electron chi connectivity index (χ1n) is 24.3. The number of para-hydroxylation sites is 3. The number of benzene rings is 4. The van der Waals surface area contributed by atoms with Crippen molar-refractivity contribution in [2.24, 2.45) is 20.6 Å². The number of oxime groups is 4. The molecule has 4 heterocycles. The molecule has 0 spiro atoms. The summed E-state index contributed by atoms with van der Waals surface area (Å²) in [6, 6.07) is 50.0. The molecule has 0 radical (unpaired) electrons. The Morgan fingerprint density at radius 2 is 0.797 bits per heavy atom. The number of carbonyl (C=O) groups is 4. The normalized spacial score (nSPS) is 11.1. The third-order valence-electron chi connectivity index (χ3n) is 9.88. The zero-order valence-electron chi connectivity index (χ0n) is 44.0. The van der Waals surface area contributed by atoms with Gasteiger partial charge in [-0.3, -0.25) is 19.2 Å². The Morgan fingerprint density at radius 3 is 1.14 bits per heavy atom. The number of amides is 4. The summed E-state index contributed by atoms with van der Waals surface area (Å²) in [6.07, 6.45) is 2.32. The first-order chi connectivity index (χ1) is 38.5. The predicted molar refractivity (Wildman–Crippen MR) is 316 cm³/mol. The lowest BCUT2D eigenvalue weighted by Crippen LogP contribution is -2.17. The summed E-state index contributed by atoms with van der Waals surface area (Å²) in [5.41, 5.74) is 5.86. The molecule has 4 aromatic heterocycles. The molecule has 0 aliphatic rings. The van der Waals surface area contributed by atoms with Crippen molar-refractivity contribution in [1.29, 1.82) is 0 Å². The minimum absolute atomic E-state index is 0.0935. The van der Waals surface area contributed by atoms with Gasteiger partial charge in [0.25, 0.3) is 23.6 Å². The average molecular weight is 1130 g/mol. The second kappa shape index (κ2) is 35.2.